The Morgan fingerprint density at radius 3 is 2.56 bits per heavy atom. The van der Waals surface area contributed by atoms with Crippen molar-refractivity contribution in [1.82, 2.24) is 20.2 Å². The molecule has 0 aliphatic rings. The Morgan fingerprint density at radius 2 is 1.96 bits per heavy atom. The van der Waals surface area contributed by atoms with Crippen LogP contribution in [0.3, 0.4) is 0 Å². The van der Waals surface area contributed by atoms with Gasteiger partial charge in [-0.15, -0.1) is 10.2 Å². The molecule has 2 aromatic rings. The normalized spacial score (nSPS) is 12.6. The van der Waals surface area contributed by atoms with Crippen LogP contribution in [0.4, 0.5) is 0 Å². The zero-order valence-corrected chi connectivity index (χ0v) is 17.5. The Labute approximate surface area is 165 Å². The third-order valence-corrected chi connectivity index (χ3v) is 5.08. The molecule has 0 saturated carbocycles. The maximum Gasteiger partial charge on any atom is 0.233 e. The largest absolute Gasteiger partial charge is 0.486 e. The van der Waals surface area contributed by atoms with Crippen LogP contribution in [-0.2, 0) is 16.8 Å². The molecule has 1 aromatic heterocycles. The number of thioether (sulfide) groups is 1. The molecule has 27 heavy (non-hydrogen) atoms. The highest BCUT2D eigenvalue weighted by Gasteiger charge is 2.19. The fourth-order valence-corrected chi connectivity index (χ4v) is 3.10. The second-order valence-corrected chi connectivity index (χ2v) is 8.69. The van der Waals surface area contributed by atoms with Gasteiger partial charge in [-0.1, -0.05) is 51.6 Å². The minimum absolute atomic E-state index is 0.0402. The number of nitrogen functional groups attached to an aromatic ring is 1. The van der Waals surface area contributed by atoms with Crippen molar-refractivity contribution in [2.45, 2.75) is 63.5 Å². The standard InChI is InChI=1S/C19H29N5O2S/c1-6-11-21-17(25)13(2)27-18-23-22-16(24(18)20)12-26-15-9-7-14(8-10-15)19(3,4)5/h7-10,13H,6,11-12,20H2,1-5H3,(H,21,25). The van der Waals surface area contributed by atoms with E-state index in [0.717, 1.165) is 12.2 Å². The van der Waals surface area contributed by atoms with Crippen molar-refractivity contribution in [2.24, 2.45) is 0 Å². The van der Waals surface area contributed by atoms with Gasteiger partial charge in [-0.25, -0.2) is 4.68 Å². The quantitative estimate of drug-likeness (QED) is 0.531. The topological polar surface area (TPSA) is 95.1 Å². The molecule has 148 valence electrons. The predicted octanol–water partition coefficient (Wildman–Crippen LogP) is 2.88. The molecule has 2 rings (SSSR count). The Hall–Kier alpha value is -2.22. The van der Waals surface area contributed by atoms with Crippen molar-refractivity contribution in [3.8, 4) is 5.75 Å². The lowest BCUT2D eigenvalue weighted by Crippen LogP contribution is -2.31. The third-order valence-electron chi connectivity index (χ3n) is 4.02. The Bertz CT molecular complexity index is 752. The molecule has 0 aliphatic carbocycles. The Kier molecular flexibility index (Phi) is 7.12. The van der Waals surface area contributed by atoms with Crippen LogP contribution in [0, 0.1) is 0 Å². The number of nitrogens with two attached hydrogens (primary N) is 1. The summed E-state index contributed by atoms with van der Waals surface area (Å²) in [6, 6.07) is 7.99. The van der Waals surface area contributed by atoms with E-state index < -0.39 is 0 Å². The molecule has 0 aliphatic heterocycles. The van der Waals surface area contributed by atoms with Crippen LogP contribution in [0.2, 0.25) is 0 Å². The smallest absolute Gasteiger partial charge is 0.233 e. The second kappa shape index (κ2) is 9.12. The molecular formula is C19H29N5O2S. The van der Waals surface area contributed by atoms with E-state index in [0.29, 0.717) is 17.5 Å². The van der Waals surface area contributed by atoms with Gasteiger partial charge in [0.2, 0.25) is 11.1 Å². The van der Waals surface area contributed by atoms with E-state index in [4.69, 9.17) is 10.6 Å². The monoisotopic (exact) mass is 391 g/mol. The number of carbonyl (C=O) groups is 1. The molecule has 0 radical (unpaired) electrons. The summed E-state index contributed by atoms with van der Waals surface area (Å²) in [5.41, 5.74) is 1.34. The Balaban J connectivity index is 1.94. The minimum atomic E-state index is -0.304. The van der Waals surface area contributed by atoms with Crippen LogP contribution in [-0.4, -0.2) is 32.6 Å². The van der Waals surface area contributed by atoms with Crippen molar-refractivity contribution in [2.75, 3.05) is 12.4 Å². The van der Waals surface area contributed by atoms with Gasteiger partial charge in [0.25, 0.3) is 0 Å². The zero-order valence-electron chi connectivity index (χ0n) is 16.7. The number of hydrogen-bond donors (Lipinski definition) is 2. The van der Waals surface area contributed by atoms with Gasteiger partial charge in [0.1, 0.15) is 12.4 Å². The molecule has 0 bridgehead atoms. The average molecular weight is 392 g/mol. The lowest BCUT2D eigenvalue weighted by molar-refractivity contribution is -0.120. The van der Waals surface area contributed by atoms with Crippen molar-refractivity contribution in [3.05, 3.63) is 35.7 Å². The molecule has 0 spiro atoms. The summed E-state index contributed by atoms with van der Waals surface area (Å²) in [5, 5.41) is 11.2. The van der Waals surface area contributed by atoms with Gasteiger partial charge in [0.05, 0.1) is 5.25 Å². The lowest BCUT2D eigenvalue weighted by atomic mass is 9.87. The summed E-state index contributed by atoms with van der Waals surface area (Å²) < 4.78 is 7.14. The highest BCUT2D eigenvalue weighted by Crippen LogP contribution is 2.25. The molecule has 1 atom stereocenters. The first-order chi connectivity index (χ1) is 12.7. The summed E-state index contributed by atoms with van der Waals surface area (Å²) in [6.07, 6.45) is 0.897. The molecule has 3 N–H and O–H groups in total. The first-order valence-electron chi connectivity index (χ1n) is 9.09. The highest BCUT2D eigenvalue weighted by atomic mass is 32.2. The van der Waals surface area contributed by atoms with Gasteiger partial charge < -0.3 is 15.9 Å². The number of nitrogens with zero attached hydrogens (tertiary/aromatic N) is 3. The number of carbonyl (C=O) groups excluding carboxylic acids is 1. The second-order valence-electron chi connectivity index (χ2n) is 7.38. The summed E-state index contributed by atoms with van der Waals surface area (Å²) in [5.74, 6) is 7.26. The van der Waals surface area contributed by atoms with E-state index in [9.17, 15) is 4.79 Å². The van der Waals surface area contributed by atoms with E-state index >= 15 is 0 Å². The van der Waals surface area contributed by atoms with Gasteiger partial charge in [0.15, 0.2) is 5.82 Å². The fourth-order valence-electron chi connectivity index (χ4n) is 2.29. The van der Waals surface area contributed by atoms with E-state index in [1.54, 1.807) is 0 Å². The first-order valence-corrected chi connectivity index (χ1v) is 9.97. The molecule has 1 aromatic carbocycles. The SMILES string of the molecule is CCCNC(=O)C(C)Sc1nnc(COc2ccc(C(C)(C)C)cc2)n1N. The lowest BCUT2D eigenvalue weighted by Gasteiger charge is -2.19. The number of aromatic nitrogens is 3. The van der Waals surface area contributed by atoms with Crippen LogP contribution in [0.25, 0.3) is 0 Å². The van der Waals surface area contributed by atoms with Crippen LogP contribution >= 0.6 is 11.8 Å². The maximum absolute atomic E-state index is 12.0. The van der Waals surface area contributed by atoms with Crippen LogP contribution in [0.5, 0.6) is 5.75 Å². The third kappa shape index (κ3) is 5.89. The van der Waals surface area contributed by atoms with Gasteiger partial charge in [-0.2, -0.15) is 0 Å². The summed E-state index contributed by atoms with van der Waals surface area (Å²) in [6.45, 7) is 11.2. The van der Waals surface area contributed by atoms with E-state index in [1.807, 2.05) is 26.0 Å². The minimum Gasteiger partial charge on any atom is -0.486 e. The number of benzene rings is 1. The summed E-state index contributed by atoms with van der Waals surface area (Å²) in [7, 11) is 0. The molecule has 1 amide bonds. The number of hydrogen-bond acceptors (Lipinski definition) is 6. The van der Waals surface area contributed by atoms with Crippen LogP contribution < -0.4 is 15.9 Å². The summed E-state index contributed by atoms with van der Waals surface area (Å²) >= 11 is 1.27. The maximum atomic E-state index is 12.0. The van der Waals surface area contributed by atoms with Crippen molar-refractivity contribution >= 4 is 17.7 Å². The van der Waals surface area contributed by atoms with Crippen molar-refractivity contribution in [3.63, 3.8) is 0 Å². The molecule has 8 heteroatoms. The van der Waals surface area contributed by atoms with E-state index in [2.05, 4.69) is 48.4 Å². The average Bonchev–Trinajstić information content (AvgIpc) is 2.97. The molecule has 1 unspecified atom stereocenters. The number of rotatable bonds is 8. The molecule has 7 nitrogen and oxygen atoms in total. The summed E-state index contributed by atoms with van der Waals surface area (Å²) in [4.78, 5) is 12.0. The van der Waals surface area contributed by atoms with E-state index in [1.165, 1.54) is 22.0 Å². The highest BCUT2D eigenvalue weighted by molar-refractivity contribution is 8.00. The molecule has 0 fully saturated rings. The molecular weight excluding hydrogens is 362 g/mol. The zero-order chi connectivity index (χ0) is 20.0. The first kappa shape index (κ1) is 21.1. The van der Waals surface area contributed by atoms with Gasteiger partial charge in [-0.05, 0) is 36.5 Å². The molecule has 0 saturated heterocycles. The number of nitrogens with one attached hydrogen (secondary N) is 1. The van der Waals surface area contributed by atoms with Crippen molar-refractivity contribution < 1.29 is 9.53 Å². The predicted molar refractivity (Wildman–Crippen MR) is 108 cm³/mol. The van der Waals surface area contributed by atoms with Crippen LogP contribution in [0.15, 0.2) is 29.4 Å². The fraction of sp³-hybridized carbons (Fsp3) is 0.526. The van der Waals surface area contributed by atoms with Gasteiger partial charge >= 0.3 is 0 Å². The van der Waals surface area contributed by atoms with Crippen molar-refractivity contribution in [1.29, 1.82) is 0 Å². The Morgan fingerprint density at radius 1 is 1.30 bits per heavy atom. The van der Waals surface area contributed by atoms with Gasteiger partial charge in [-0.3, -0.25) is 4.79 Å². The van der Waals surface area contributed by atoms with E-state index in [-0.39, 0.29) is 23.2 Å². The number of amides is 1. The van der Waals surface area contributed by atoms with Crippen LogP contribution in [0.1, 0.15) is 52.4 Å². The van der Waals surface area contributed by atoms with Gasteiger partial charge in [0, 0.05) is 6.54 Å². The number of ether oxygens (including phenoxy) is 1. The molecule has 1 heterocycles.